The summed E-state index contributed by atoms with van der Waals surface area (Å²) in [6, 6.07) is 0. The van der Waals surface area contributed by atoms with Crippen LogP contribution in [-0.4, -0.2) is 51.9 Å². The van der Waals surface area contributed by atoms with Crippen molar-refractivity contribution in [1.29, 1.82) is 0 Å². The molecular weight excluding hydrogens is 531 g/mol. The summed E-state index contributed by atoms with van der Waals surface area (Å²) >= 11 is 0. The fourth-order valence-corrected chi connectivity index (χ4v) is 1.84. The van der Waals surface area contributed by atoms with E-state index in [9.17, 15) is 51.9 Å². The minimum absolute atomic E-state index is 0. The summed E-state index contributed by atoms with van der Waals surface area (Å²) < 4.78 is 116. The third-order valence-corrected chi connectivity index (χ3v) is 3.00. The number of quaternary nitrogens is 1. The van der Waals surface area contributed by atoms with Crippen LogP contribution in [0.5, 0.6) is 0 Å². The van der Waals surface area contributed by atoms with Gasteiger partial charge in [-0.05, 0) is 0 Å². The van der Waals surface area contributed by atoms with Crippen LogP contribution in [0.4, 0.5) is 0 Å². The summed E-state index contributed by atoms with van der Waals surface area (Å²) in [5.41, 5.74) is 0. The second kappa shape index (κ2) is 9.73. The maximum atomic E-state index is 9.29. The Morgan fingerprint density at radius 2 is 0.600 bits per heavy atom. The molecule has 0 aromatic carbocycles. The van der Waals surface area contributed by atoms with Gasteiger partial charge in [0.25, 0.3) is 0 Å². The Balaban J connectivity index is -0.000000116. The Hall–Kier alpha value is 0.780. The standard InChI is InChI=1S/Ho.H3N.2H2O7S2/c;;2*1-8(2,3)7-9(4,5)6/h;1H3;2*(H,1,2,3)(H,4,5,6)/q+3;;;/p-3. The van der Waals surface area contributed by atoms with E-state index in [0.29, 0.717) is 0 Å². The zero-order valence-electron chi connectivity index (χ0n) is 8.65. The topological polar surface area (TPSA) is 284 Å². The zero-order chi connectivity index (χ0) is 15.4. The van der Waals surface area contributed by atoms with Crippen LogP contribution in [0.3, 0.4) is 0 Å². The Labute approximate surface area is 143 Å². The van der Waals surface area contributed by atoms with Crippen molar-refractivity contribution >= 4 is 41.6 Å². The molecule has 128 valence electrons. The second-order valence-corrected chi connectivity index (χ2v) is 6.12. The van der Waals surface area contributed by atoms with Gasteiger partial charge in [0.05, 0.1) is 0 Å². The Bertz CT molecular complexity index is 537. The fourth-order valence-electron chi connectivity index (χ4n) is 0.204. The van der Waals surface area contributed by atoms with Crippen molar-refractivity contribution in [2.45, 2.75) is 0 Å². The first kappa shape index (κ1) is 28.9. The molecule has 4 N–H and O–H groups in total. The molecule has 0 amide bonds. The summed E-state index contributed by atoms with van der Waals surface area (Å²) in [6.45, 7) is 0. The maximum Gasteiger partial charge on any atom is 3.00 e. The van der Waals surface area contributed by atoms with Gasteiger partial charge in [-0.15, -0.1) is 0 Å². The minimum Gasteiger partial charge on any atom is -0.725 e. The Kier molecular flexibility index (Phi) is 14.0. The summed E-state index contributed by atoms with van der Waals surface area (Å²) in [6.07, 6.45) is 0. The number of hydrogen-bond acceptors (Lipinski definition) is 14. The van der Waals surface area contributed by atoms with E-state index in [4.69, 9.17) is 0 Å². The fraction of sp³-hybridized carbons (Fsp3) is 0. The third kappa shape index (κ3) is 36.3. The summed E-state index contributed by atoms with van der Waals surface area (Å²) in [5.74, 6) is 0. The minimum atomic E-state index is -5.43. The predicted molar refractivity (Wildman–Crippen MR) is 46.9 cm³/mol. The van der Waals surface area contributed by atoms with Crippen LogP contribution in [0, 0.1) is 37.7 Å². The van der Waals surface area contributed by atoms with Gasteiger partial charge in [0.1, 0.15) is 0 Å². The Morgan fingerprint density at radius 1 is 0.500 bits per heavy atom. The molecule has 15 nitrogen and oxygen atoms in total. The average Bonchev–Trinajstić information content (AvgIpc) is 1.64. The molecular formula is H4HoNO14S4. The Morgan fingerprint density at radius 3 is 0.600 bits per heavy atom. The molecule has 0 bridgehead atoms. The van der Waals surface area contributed by atoms with E-state index in [2.05, 4.69) is 7.26 Å². The van der Waals surface area contributed by atoms with E-state index >= 15 is 0 Å². The molecule has 0 rings (SSSR count). The van der Waals surface area contributed by atoms with Gasteiger partial charge in [-0.3, -0.25) is 0 Å². The molecule has 0 fully saturated rings. The first-order chi connectivity index (χ1) is 7.41. The SMILES string of the molecule is O=S(=O)([O-])OS(=O)(=O)[O-].O=S(=O)([O-])OS(=O)(=O)[O-].[Ho+3].[NH4+]. The first-order valence-electron chi connectivity index (χ1n) is 2.67. The van der Waals surface area contributed by atoms with Crippen LogP contribution < -0.4 is 6.15 Å². The van der Waals surface area contributed by atoms with E-state index in [1.54, 1.807) is 0 Å². The largest absolute Gasteiger partial charge is 3.00 e. The van der Waals surface area contributed by atoms with Crippen LogP contribution in [0.1, 0.15) is 0 Å². The molecule has 0 heterocycles. The van der Waals surface area contributed by atoms with Crippen molar-refractivity contribution in [3.8, 4) is 0 Å². The maximum absolute atomic E-state index is 9.29. The van der Waals surface area contributed by atoms with Gasteiger partial charge in [-0.1, -0.05) is 0 Å². The van der Waals surface area contributed by atoms with E-state index in [1.807, 2.05) is 0 Å². The van der Waals surface area contributed by atoms with Gasteiger partial charge < -0.3 is 24.4 Å². The molecule has 0 aromatic rings. The molecule has 0 spiro atoms. The van der Waals surface area contributed by atoms with Gasteiger partial charge in [0, 0.05) is 0 Å². The average molecular weight is 535 g/mol. The van der Waals surface area contributed by atoms with Crippen molar-refractivity contribution in [2.24, 2.45) is 0 Å². The van der Waals surface area contributed by atoms with Gasteiger partial charge >= 0.3 is 37.7 Å². The van der Waals surface area contributed by atoms with Gasteiger partial charge in [0.2, 0.25) is 41.6 Å². The molecule has 0 aromatic heterocycles. The predicted octanol–water partition coefficient (Wildman–Crippen LogP) is -3.78. The first-order valence-corrected chi connectivity index (χ1v) is 8.00. The van der Waals surface area contributed by atoms with E-state index in [1.165, 1.54) is 0 Å². The summed E-state index contributed by atoms with van der Waals surface area (Å²) in [4.78, 5) is 0. The monoisotopic (exact) mass is 535 g/mol. The van der Waals surface area contributed by atoms with Crippen LogP contribution in [-0.2, 0) is 48.9 Å². The van der Waals surface area contributed by atoms with Gasteiger partial charge in [0.15, 0.2) is 0 Å². The molecule has 0 saturated carbocycles. The summed E-state index contributed by atoms with van der Waals surface area (Å²) in [7, 11) is -21.7. The quantitative estimate of drug-likeness (QED) is 0.205. The third-order valence-electron chi connectivity index (χ3n) is 0.333. The van der Waals surface area contributed by atoms with Crippen LogP contribution in [0.15, 0.2) is 0 Å². The molecule has 0 saturated heterocycles. The summed E-state index contributed by atoms with van der Waals surface area (Å²) in [5, 5.41) is 0. The molecule has 20 heavy (non-hydrogen) atoms. The van der Waals surface area contributed by atoms with Crippen molar-refractivity contribution in [2.75, 3.05) is 0 Å². The van der Waals surface area contributed by atoms with Crippen molar-refractivity contribution in [3.05, 3.63) is 0 Å². The normalized spacial score (nSPS) is 12.2. The van der Waals surface area contributed by atoms with Crippen molar-refractivity contribution in [1.82, 2.24) is 6.15 Å². The van der Waals surface area contributed by atoms with E-state index in [-0.39, 0.29) is 43.9 Å². The molecule has 20 heteroatoms. The van der Waals surface area contributed by atoms with Crippen molar-refractivity contribution < 1.29 is 96.9 Å². The molecule has 0 aliphatic carbocycles. The molecule has 0 atom stereocenters. The van der Waals surface area contributed by atoms with E-state index < -0.39 is 41.6 Å². The molecule has 0 aliphatic heterocycles. The van der Waals surface area contributed by atoms with Gasteiger partial charge in [-0.25, -0.2) is 33.7 Å². The number of hydrogen-bond donors (Lipinski definition) is 1. The van der Waals surface area contributed by atoms with Crippen LogP contribution >= 0.6 is 0 Å². The molecule has 0 radical (unpaired) electrons. The molecule has 0 aliphatic rings. The van der Waals surface area contributed by atoms with Crippen molar-refractivity contribution in [3.63, 3.8) is 0 Å². The smallest absolute Gasteiger partial charge is 0.725 e. The second-order valence-electron chi connectivity index (χ2n) is 1.77. The van der Waals surface area contributed by atoms with Crippen LogP contribution in [0.2, 0.25) is 0 Å². The molecule has 0 unspecified atom stereocenters. The van der Waals surface area contributed by atoms with Gasteiger partial charge in [-0.2, -0.15) is 7.26 Å². The van der Waals surface area contributed by atoms with E-state index in [0.717, 1.165) is 0 Å². The number of rotatable bonds is 4. The van der Waals surface area contributed by atoms with Crippen LogP contribution in [0.25, 0.3) is 0 Å². The zero-order valence-corrected chi connectivity index (χ0v) is 13.9.